The van der Waals surface area contributed by atoms with Crippen molar-refractivity contribution in [2.75, 3.05) is 0 Å². The normalized spacial score (nSPS) is 12.1. The second-order valence-corrected chi connectivity index (χ2v) is 2.82. The molecule has 3 heteroatoms. The largest absolute Gasteiger partial charge is 0.448 e. The van der Waals surface area contributed by atoms with Crippen LogP contribution in [-0.4, -0.2) is 12.0 Å². The molecule has 0 aliphatic rings. The molecule has 1 aromatic carbocycles. The van der Waals surface area contributed by atoms with Crippen LogP contribution in [0.4, 0.5) is 0 Å². The minimum absolute atomic E-state index is 0.362. The van der Waals surface area contributed by atoms with Gasteiger partial charge in [0.25, 0.3) is 6.47 Å². The lowest BCUT2D eigenvalue weighted by atomic mass is 10.2. The number of hydrogen-bond acceptors (Lipinski definition) is 2. The molecule has 0 amide bonds. The number of carbonyl (C=O) groups is 1. The van der Waals surface area contributed by atoms with Gasteiger partial charge in [0.05, 0.1) is 0 Å². The van der Waals surface area contributed by atoms with Crippen LogP contribution in [0.3, 0.4) is 0 Å². The second kappa shape index (κ2) is 4.78. The SMILES string of the molecule is O=COC(Cl)Cc1ccccc1. The molecule has 0 aliphatic heterocycles. The Bertz CT molecular complexity index is 236. The summed E-state index contributed by atoms with van der Waals surface area (Å²) < 4.78 is 4.53. The predicted octanol–water partition coefficient (Wildman–Crippen LogP) is 1.97. The monoisotopic (exact) mass is 184 g/mol. The van der Waals surface area contributed by atoms with Gasteiger partial charge in [0, 0.05) is 6.42 Å². The van der Waals surface area contributed by atoms with E-state index in [4.69, 9.17) is 11.6 Å². The zero-order valence-corrected chi connectivity index (χ0v) is 7.20. The Morgan fingerprint density at radius 3 is 2.67 bits per heavy atom. The molecule has 1 unspecified atom stereocenters. The van der Waals surface area contributed by atoms with Gasteiger partial charge in [-0.15, -0.1) is 0 Å². The predicted molar refractivity (Wildman–Crippen MR) is 46.9 cm³/mol. The molecule has 0 aromatic heterocycles. The summed E-state index contributed by atoms with van der Waals surface area (Å²) in [4.78, 5) is 9.90. The van der Waals surface area contributed by atoms with Gasteiger partial charge in [-0.1, -0.05) is 41.9 Å². The maximum atomic E-state index is 9.90. The number of alkyl halides is 1. The average Bonchev–Trinajstić information content (AvgIpc) is 2.06. The molecule has 1 aromatic rings. The first-order valence-electron chi connectivity index (χ1n) is 3.60. The van der Waals surface area contributed by atoms with Crippen molar-refractivity contribution in [3.63, 3.8) is 0 Å². The van der Waals surface area contributed by atoms with Crippen LogP contribution < -0.4 is 0 Å². The number of carbonyl (C=O) groups excluding carboxylic acids is 1. The molecule has 0 heterocycles. The first-order chi connectivity index (χ1) is 5.83. The van der Waals surface area contributed by atoms with Crippen LogP contribution in [0.2, 0.25) is 0 Å². The number of benzene rings is 1. The fourth-order valence-corrected chi connectivity index (χ4v) is 1.13. The molecular weight excluding hydrogens is 176 g/mol. The van der Waals surface area contributed by atoms with Gasteiger partial charge in [0.1, 0.15) is 0 Å². The molecular formula is C9H9ClO2. The topological polar surface area (TPSA) is 26.3 Å². The fraction of sp³-hybridized carbons (Fsp3) is 0.222. The van der Waals surface area contributed by atoms with Crippen LogP contribution >= 0.6 is 11.6 Å². The van der Waals surface area contributed by atoms with Crippen molar-refractivity contribution in [1.29, 1.82) is 0 Å². The van der Waals surface area contributed by atoms with Crippen molar-refractivity contribution in [3.8, 4) is 0 Å². The Labute approximate surface area is 76.1 Å². The molecule has 1 rings (SSSR count). The molecule has 0 N–H and O–H groups in total. The van der Waals surface area contributed by atoms with E-state index in [0.717, 1.165) is 5.56 Å². The Balaban J connectivity index is 2.46. The van der Waals surface area contributed by atoms with E-state index in [0.29, 0.717) is 12.9 Å². The van der Waals surface area contributed by atoms with Gasteiger partial charge in [-0.3, -0.25) is 4.79 Å². The van der Waals surface area contributed by atoms with Crippen molar-refractivity contribution < 1.29 is 9.53 Å². The first-order valence-corrected chi connectivity index (χ1v) is 4.03. The quantitative estimate of drug-likeness (QED) is 0.528. The van der Waals surface area contributed by atoms with Crippen molar-refractivity contribution in [3.05, 3.63) is 35.9 Å². The van der Waals surface area contributed by atoms with Gasteiger partial charge >= 0.3 is 0 Å². The third-order valence-corrected chi connectivity index (χ3v) is 1.70. The highest BCUT2D eigenvalue weighted by Crippen LogP contribution is 2.07. The van der Waals surface area contributed by atoms with E-state index in [-0.39, 0.29) is 0 Å². The summed E-state index contributed by atoms with van der Waals surface area (Å²) in [5.41, 5.74) is 0.490. The smallest absolute Gasteiger partial charge is 0.294 e. The summed E-state index contributed by atoms with van der Waals surface area (Å²) in [5, 5.41) is 0. The molecule has 0 saturated carbocycles. The zero-order valence-electron chi connectivity index (χ0n) is 6.44. The summed E-state index contributed by atoms with van der Waals surface area (Å²) in [7, 11) is 0. The lowest BCUT2D eigenvalue weighted by Crippen LogP contribution is -2.06. The second-order valence-electron chi connectivity index (χ2n) is 2.33. The molecule has 64 valence electrons. The maximum Gasteiger partial charge on any atom is 0.294 e. The highest BCUT2D eigenvalue weighted by molar-refractivity contribution is 6.20. The molecule has 0 aliphatic carbocycles. The van der Waals surface area contributed by atoms with E-state index in [9.17, 15) is 4.79 Å². The van der Waals surface area contributed by atoms with Crippen LogP contribution in [-0.2, 0) is 16.0 Å². The minimum Gasteiger partial charge on any atom is -0.448 e. The number of rotatable bonds is 4. The first kappa shape index (κ1) is 9.07. The molecule has 1 atom stereocenters. The molecule has 12 heavy (non-hydrogen) atoms. The van der Waals surface area contributed by atoms with Crippen molar-refractivity contribution in [2.24, 2.45) is 0 Å². The molecule has 2 nitrogen and oxygen atoms in total. The Morgan fingerprint density at radius 2 is 2.08 bits per heavy atom. The third kappa shape index (κ3) is 2.93. The van der Waals surface area contributed by atoms with Gasteiger partial charge in [0.15, 0.2) is 5.56 Å². The third-order valence-electron chi connectivity index (χ3n) is 1.44. The van der Waals surface area contributed by atoms with Crippen LogP contribution in [0.1, 0.15) is 5.56 Å². The molecule has 0 bridgehead atoms. The van der Waals surface area contributed by atoms with Crippen LogP contribution in [0.5, 0.6) is 0 Å². The number of halogens is 1. The Morgan fingerprint density at radius 1 is 1.42 bits per heavy atom. The van der Waals surface area contributed by atoms with Gasteiger partial charge in [0.2, 0.25) is 0 Å². The van der Waals surface area contributed by atoms with Crippen LogP contribution in [0, 0.1) is 0 Å². The molecule has 0 radical (unpaired) electrons. The van der Waals surface area contributed by atoms with Gasteiger partial charge < -0.3 is 4.74 Å². The average molecular weight is 185 g/mol. The van der Waals surface area contributed by atoms with E-state index in [1.165, 1.54) is 0 Å². The van der Waals surface area contributed by atoms with Gasteiger partial charge in [-0.05, 0) is 5.56 Å². The lowest BCUT2D eigenvalue weighted by Gasteiger charge is -2.06. The van der Waals surface area contributed by atoms with E-state index in [1.54, 1.807) is 0 Å². The summed E-state index contributed by atoms with van der Waals surface area (Å²) in [6.07, 6.45) is 0.543. The summed E-state index contributed by atoms with van der Waals surface area (Å²) in [6.45, 7) is 0.362. The van der Waals surface area contributed by atoms with Gasteiger partial charge in [-0.2, -0.15) is 0 Å². The standard InChI is InChI=1S/C9H9ClO2/c10-9(12-7-11)6-8-4-2-1-3-5-8/h1-5,7,9H,6H2. The Hall–Kier alpha value is -1.02. The lowest BCUT2D eigenvalue weighted by molar-refractivity contribution is -0.130. The van der Waals surface area contributed by atoms with E-state index < -0.39 is 5.56 Å². The molecule has 0 saturated heterocycles. The van der Waals surface area contributed by atoms with Crippen molar-refractivity contribution in [1.82, 2.24) is 0 Å². The number of ether oxygens (including phenoxy) is 1. The fourth-order valence-electron chi connectivity index (χ4n) is 0.908. The van der Waals surface area contributed by atoms with Crippen LogP contribution in [0.25, 0.3) is 0 Å². The van der Waals surface area contributed by atoms with Gasteiger partial charge in [-0.25, -0.2) is 0 Å². The summed E-state index contributed by atoms with van der Waals surface area (Å²) in [5.74, 6) is 0. The highest BCUT2D eigenvalue weighted by Gasteiger charge is 2.04. The summed E-state index contributed by atoms with van der Waals surface area (Å²) in [6, 6.07) is 9.63. The van der Waals surface area contributed by atoms with E-state index in [1.807, 2.05) is 30.3 Å². The molecule has 0 spiro atoms. The molecule has 0 fully saturated rings. The Kier molecular flexibility index (Phi) is 3.61. The van der Waals surface area contributed by atoms with E-state index >= 15 is 0 Å². The highest BCUT2D eigenvalue weighted by atomic mass is 35.5. The minimum atomic E-state index is -0.565. The van der Waals surface area contributed by atoms with Crippen LogP contribution in [0.15, 0.2) is 30.3 Å². The number of hydrogen-bond donors (Lipinski definition) is 0. The summed E-state index contributed by atoms with van der Waals surface area (Å²) >= 11 is 5.66. The van der Waals surface area contributed by atoms with Crippen molar-refractivity contribution in [2.45, 2.75) is 12.0 Å². The zero-order chi connectivity index (χ0) is 8.81. The maximum absolute atomic E-state index is 9.90. The van der Waals surface area contributed by atoms with E-state index in [2.05, 4.69) is 4.74 Å². The van der Waals surface area contributed by atoms with Crippen molar-refractivity contribution >= 4 is 18.1 Å².